The van der Waals surface area contributed by atoms with Gasteiger partial charge in [0.05, 0.1) is 5.69 Å². The van der Waals surface area contributed by atoms with E-state index in [1.54, 1.807) is 6.07 Å². The summed E-state index contributed by atoms with van der Waals surface area (Å²) in [6, 6.07) is 41.6. The molecule has 2 atom stereocenters. The number of hydrogen-bond donors (Lipinski definition) is 2. The van der Waals surface area contributed by atoms with Crippen LogP contribution in [0.3, 0.4) is 0 Å². The third-order valence-electron chi connectivity index (χ3n) is 9.73. The van der Waals surface area contributed by atoms with Gasteiger partial charge in [0.1, 0.15) is 19.4 Å². The lowest BCUT2D eigenvalue weighted by Gasteiger charge is -2.26. The maximum atomic E-state index is 14.6. The van der Waals surface area contributed by atoms with Gasteiger partial charge < -0.3 is 19.4 Å². The number of para-hydroxylation sites is 1. The predicted octanol–water partition coefficient (Wildman–Crippen LogP) is 9.01. The fourth-order valence-corrected chi connectivity index (χ4v) is 6.98. The van der Waals surface area contributed by atoms with E-state index in [0.29, 0.717) is 30.0 Å². The Morgan fingerprint density at radius 3 is 2.41 bits per heavy atom. The van der Waals surface area contributed by atoms with Gasteiger partial charge in [-0.15, -0.1) is 0 Å². The van der Waals surface area contributed by atoms with Crippen LogP contribution >= 0.6 is 0 Å². The van der Waals surface area contributed by atoms with E-state index in [4.69, 9.17) is 4.74 Å². The van der Waals surface area contributed by atoms with Crippen LogP contribution in [0.25, 0.3) is 22.0 Å². The number of carbonyl (C=O) groups excluding carboxylic acids is 3. The van der Waals surface area contributed by atoms with Crippen molar-refractivity contribution >= 4 is 40.6 Å². The molecule has 2 unspecified atom stereocenters. The van der Waals surface area contributed by atoms with Crippen LogP contribution in [0, 0.1) is 5.92 Å². The number of hydrazine groups is 1. The van der Waals surface area contributed by atoms with Crippen LogP contribution in [-0.4, -0.2) is 41.4 Å². The van der Waals surface area contributed by atoms with Crippen LogP contribution in [0.5, 0.6) is 0 Å². The highest BCUT2D eigenvalue weighted by Crippen LogP contribution is 2.41. The SMILES string of the molecule is CC1CCN(C(=O)c2ccc(-c3ccc4[nH]ccc4c3)c(NN(CC=O)C(=O)OCc3ccccc3)c2)c2ccccc2C1Cc1ccccc1. The predicted molar refractivity (Wildman–Crippen MR) is 202 cm³/mol. The highest BCUT2D eigenvalue weighted by molar-refractivity contribution is 6.08. The summed E-state index contributed by atoms with van der Waals surface area (Å²) in [6.45, 7) is 2.63. The first kappa shape index (κ1) is 33.4. The molecule has 2 heterocycles. The molecule has 0 radical (unpaired) electrons. The van der Waals surface area contributed by atoms with E-state index in [1.165, 1.54) is 5.56 Å². The Balaban J connectivity index is 1.23. The summed E-state index contributed by atoms with van der Waals surface area (Å²) in [7, 11) is 0. The lowest BCUT2D eigenvalue weighted by Crippen LogP contribution is -2.38. The van der Waals surface area contributed by atoms with Gasteiger partial charge in [-0.2, -0.15) is 0 Å². The average molecular weight is 677 g/mol. The molecule has 1 aliphatic rings. The average Bonchev–Trinajstić information content (AvgIpc) is 3.60. The van der Waals surface area contributed by atoms with Gasteiger partial charge in [-0.1, -0.05) is 97.9 Å². The van der Waals surface area contributed by atoms with Crippen LogP contribution in [0.15, 0.2) is 134 Å². The monoisotopic (exact) mass is 676 g/mol. The number of ether oxygens (including phenoxy) is 1. The zero-order valence-corrected chi connectivity index (χ0v) is 28.5. The van der Waals surface area contributed by atoms with Crippen molar-refractivity contribution in [3.8, 4) is 11.1 Å². The molecule has 7 rings (SSSR count). The van der Waals surface area contributed by atoms with Gasteiger partial charge in [0, 0.05) is 35.1 Å². The number of carbonyl (C=O) groups is 3. The number of nitrogens with zero attached hydrogens (tertiary/aromatic N) is 2. The smallest absolute Gasteiger partial charge is 0.429 e. The molecular formula is C43H40N4O4. The first-order valence-corrected chi connectivity index (χ1v) is 17.3. The van der Waals surface area contributed by atoms with Gasteiger partial charge in [0.2, 0.25) is 0 Å². The number of anilines is 2. The minimum atomic E-state index is -0.713. The van der Waals surface area contributed by atoms with E-state index in [1.807, 2.05) is 102 Å². The van der Waals surface area contributed by atoms with Crippen molar-refractivity contribution in [1.29, 1.82) is 0 Å². The molecule has 256 valence electrons. The molecule has 0 fully saturated rings. The number of hydrogen-bond acceptors (Lipinski definition) is 5. The molecule has 0 aliphatic carbocycles. The maximum Gasteiger partial charge on any atom is 0.429 e. The molecule has 51 heavy (non-hydrogen) atoms. The lowest BCUT2D eigenvalue weighted by molar-refractivity contribution is -0.108. The van der Waals surface area contributed by atoms with Gasteiger partial charge in [0.15, 0.2) is 0 Å². The fraction of sp³-hybridized carbons (Fsp3) is 0.186. The molecule has 0 spiro atoms. The number of aldehydes is 1. The highest BCUT2D eigenvalue weighted by Gasteiger charge is 2.31. The van der Waals surface area contributed by atoms with Crippen molar-refractivity contribution in [1.82, 2.24) is 9.99 Å². The summed E-state index contributed by atoms with van der Waals surface area (Å²) < 4.78 is 5.58. The zero-order chi connectivity index (χ0) is 35.2. The largest absolute Gasteiger partial charge is 0.443 e. The molecule has 2 amide bonds. The topological polar surface area (TPSA) is 94.7 Å². The number of fused-ring (bicyclic) bond motifs is 2. The third-order valence-corrected chi connectivity index (χ3v) is 9.73. The fourth-order valence-electron chi connectivity index (χ4n) is 6.98. The molecule has 1 aliphatic heterocycles. The molecule has 0 saturated carbocycles. The molecule has 2 N–H and O–H groups in total. The van der Waals surface area contributed by atoms with Crippen molar-refractivity contribution < 1.29 is 19.1 Å². The quantitative estimate of drug-likeness (QED) is 0.112. The summed E-state index contributed by atoms with van der Waals surface area (Å²) in [5.74, 6) is 0.466. The number of nitrogens with one attached hydrogen (secondary N) is 2. The van der Waals surface area contributed by atoms with Crippen LogP contribution in [0.4, 0.5) is 16.2 Å². The normalized spacial score (nSPS) is 15.4. The molecule has 5 aromatic carbocycles. The Labute approximate surface area is 297 Å². The lowest BCUT2D eigenvalue weighted by atomic mass is 9.81. The van der Waals surface area contributed by atoms with Crippen molar-refractivity contribution in [3.63, 3.8) is 0 Å². The van der Waals surface area contributed by atoms with E-state index >= 15 is 0 Å². The summed E-state index contributed by atoms with van der Waals surface area (Å²) in [6.07, 6.45) is 3.54. The van der Waals surface area contributed by atoms with Crippen molar-refractivity contribution in [2.45, 2.75) is 32.3 Å². The standard InChI is InChI=1S/C43H40N4O4/c1-30-21-23-46(41-15-9-8-14-37(41)38(30)26-31-10-4-2-5-11-31)42(49)35-16-18-36(33-17-19-39-34(27-33)20-22-44-39)40(28-35)45-47(24-25-48)43(50)51-29-32-12-6-3-7-13-32/h2-20,22,25,27-28,30,38,44-45H,21,23-24,26,29H2,1H3. The van der Waals surface area contributed by atoms with Gasteiger partial charge in [-0.05, 0) is 88.7 Å². The first-order chi connectivity index (χ1) is 25.0. The molecule has 8 heteroatoms. The van der Waals surface area contributed by atoms with Gasteiger partial charge in [-0.3, -0.25) is 10.2 Å². The number of rotatable bonds is 10. The molecular weight excluding hydrogens is 636 g/mol. The van der Waals surface area contributed by atoms with Crippen molar-refractivity contribution in [3.05, 3.63) is 156 Å². The molecule has 8 nitrogen and oxygen atoms in total. The summed E-state index contributed by atoms with van der Waals surface area (Å²) in [4.78, 5) is 44.8. The highest BCUT2D eigenvalue weighted by atomic mass is 16.6. The van der Waals surface area contributed by atoms with Crippen LogP contribution < -0.4 is 10.3 Å². The summed E-state index contributed by atoms with van der Waals surface area (Å²) in [5, 5.41) is 2.15. The van der Waals surface area contributed by atoms with Gasteiger partial charge >= 0.3 is 6.09 Å². The van der Waals surface area contributed by atoms with E-state index in [-0.39, 0.29) is 25.0 Å². The number of H-pyrrole nitrogens is 1. The number of aromatic amines is 1. The second-order valence-corrected chi connectivity index (χ2v) is 13.0. The Hall–Kier alpha value is -6.15. The van der Waals surface area contributed by atoms with Crippen molar-refractivity contribution in [2.24, 2.45) is 5.92 Å². The van der Waals surface area contributed by atoms with E-state index in [0.717, 1.165) is 56.7 Å². The minimum absolute atomic E-state index is 0.0459. The second kappa shape index (κ2) is 15.2. The second-order valence-electron chi connectivity index (χ2n) is 13.0. The number of benzene rings is 5. The number of amides is 2. The van der Waals surface area contributed by atoms with Crippen molar-refractivity contribution in [2.75, 3.05) is 23.4 Å². The van der Waals surface area contributed by atoms with Gasteiger partial charge in [0.25, 0.3) is 5.91 Å². The Morgan fingerprint density at radius 2 is 1.63 bits per heavy atom. The zero-order valence-electron chi connectivity index (χ0n) is 28.5. The van der Waals surface area contributed by atoms with E-state index < -0.39 is 6.09 Å². The van der Waals surface area contributed by atoms with Crippen LogP contribution in [0.1, 0.15) is 46.3 Å². The Bertz CT molecular complexity index is 2150. The first-order valence-electron chi connectivity index (χ1n) is 17.3. The van der Waals surface area contributed by atoms with E-state index in [9.17, 15) is 14.4 Å². The Kier molecular flexibility index (Phi) is 9.92. The minimum Gasteiger partial charge on any atom is -0.443 e. The molecule has 6 aromatic rings. The maximum absolute atomic E-state index is 14.6. The summed E-state index contributed by atoms with van der Waals surface area (Å²) >= 11 is 0. The van der Waals surface area contributed by atoms with Crippen LogP contribution in [-0.2, 0) is 22.6 Å². The summed E-state index contributed by atoms with van der Waals surface area (Å²) in [5.41, 5.74) is 10.9. The molecule has 1 aromatic heterocycles. The molecule has 0 bridgehead atoms. The molecule has 0 saturated heterocycles. The Morgan fingerprint density at radius 1 is 0.882 bits per heavy atom. The van der Waals surface area contributed by atoms with Crippen LogP contribution in [0.2, 0.25) is 0 Å². The van der Waals surface area contributed by atoms with Gasteiger partial charge in [-0.25, -0.2) is 9.80 Å². The third kappa shape index (κ3) is 7.40. The number of aromatic nitrogens is 1. The van der Waals surface area contributed by atoms with E-state index in [2.05, 4.69) is 47.7 Å².